The third kappa shape index (κ3) is 3.76. The van der Waals surface area contributed by atoms with E-state index in [1.54, 1.807) is 0 Å². The van der Waals surface area contributed by atoms with E-state index in [-0.39, 0.29) is 0 Å². The van der Waals surface area contributed by atoms with Crippen LogP contribution >= 0.6 is 0 Å². The Bertz CT molecular complexity index is 302. The Balaban J connectivity index is 2.03. The van der Waals surface area contributed by atoms with Gasteiger partial charge in [-0.2, -0.15) is 0 Å². The average Bonchev–Trinajstić information content (AvgIpc) is 2.41. The van der Waals surface area contributed by atoms with Gasteiger partial charge in [0, 0.05) is 31.2 Å². The molecule has 1 N–H and O–H groups in total. The zero-order valence-electron chi connectivity index (χ0n) is 14.4. The molecule has 0 spiro atoms. The predicted octanol–water partition coefficient (Wildman–Crippen LogP) is 3.91. The molecule has 2 nitrogen and oxygen atoms in total. The fraction of sp³-hybridized carbons (Fsp3) is 1.00. The van der Waals surface area contributed by atoms with Gasteiger partial charge >= 0.3 is 0 Å². The molecule has 20 heavy (non-hydrogen) atoms. The van der Waals surface area contributed by atoms with Crippen LogP contribution in [-0.4, -0.2) is 36.1 Å². The van der Waals surface area contributed by atoms with Crippen LogP contribution in [0.15, 0.2) is 0 Å². The highest BCUT2D eigenvalue weighted by molar-refractivity contribution is 4.96. The number of piperazine rings is 1. The number of hydrogen-bond acceptors (Lipinski definition) is 2. The van der Waals surface area contributed by atoms with Crippen LogP contribution in [0.5, 0.6) is 0 Å². The van der Waals surface area contributed by atoms with Gasteiger partial charge in [-0.3, -0.25) is 4.90 Å². The lowest BCUT2D eigenvalue weighted by molar-refractivity contribution is 0.0328. The van der Waals surface area contributed by atoms with Crippen molar-refractivity contribution in [1.29, 1.82) is 0 Å². The molecular formula is C18H36N2. The summed E-state index contributed by atoms with van der Waals surface area (Å²) in [4.78, 5) is 2.83. The van der Waals surface area contributed by atoms with Crippen molar-refractivity contribution in [1.82, 2.24) is 10.2 Å². The van der Waals surface area contributed by atoms with E-state index in [0.717, 1.165) is 23.8 Å². The van der Waals surface area contributed by atoms with Gasteiger partial charge in [0.25, 0.3) is 0 Å². The molecule has 1 saturated heterocycles. The second kappa shape index (κ2) is 6.79. The Morgan fingerprint density at radius 2 is 1.95 bits per heavy atom. The summed E-state index contributed by atoms with van der Waals surface area (Å²) in [6.07, 6.45) is 7.05. The van der Waals surface area contributed by atoms with Crippen molar-refractivity contribution in [2.45, 2.75) is 78.3 Å². The third-order valence-electron chi connectivity index (χ3n) is 6.07. The van der Waals surface area contributed by atoms with E-state index >= 15 is 0 Å². The largest absolute Gasteiger partial charge is 0.309 e. The van der Waals surface area contributed by atoms with Crippen LogP contribution in [0.3, 0.4) is 0 Å². The molecule has 2 rings (SSSR count). The molecule has 2 aliphatic rings. The van der Waals surface area contributed by atoms with Crippen molar-refractivity contribution >= 4 is 0 Å². The monoisotopic (exact) mass is 280 g/mol. The molecule has 1 aliphatic heterocycles. The summed E-state index contributed by atoms with van der Waals surface area (Å²) in [5, 5.41) is 3.81. The maximum atomic E-state index is 3.81. The summed E-state index contributed by atoms with van der Waals surface area (Å²) in [7, 11) is 0. The quantitative estimate of drug-likeness (QED) is 0.840. The molecule has 118 valence electrons. The van der Waals surface area contributed by atoms with Gasteiger partial charge in [-0.15, -0.1) is 0 Å². The molecule has 1 saturated carbocycles. The Hall–Kier alpha value is -0.0800. The predicted molar refractivity (Wildman–Crippen MR) is 88.0 cm³/mol. The van der Waals surface area contributed by atoms with E-state index in [0.29, 0.717) is 5.54 Å². The second-order valence-electron chi connectivity index (χ2n) is 8.06. The fourth-order valence-electron chi connectivity index (χ4n) is 4.16. The van der Waals surface area contributed by atoms with Gasteiger partial charge in [0.1, 0.15) is 0 Å². The van der Waals surface area contributed by atoms with Crippen LogP contribution in [0.4, 0.5) is 0 Å². The van der Waals surface area contributed by atoms with E-state index in [1.165, 1.54) is 51.7 Å². The molecule has 1 aliphatic carbocycles. The smallest absolute Gasteiger partial charge is 0.0278 e. The highest BCUT2D eigenvalue weighted by Crippen LogP contribution is 2.32. The Morgan fingerprint density at radius 3 is 2.55 bits per heavy atom. The number of rotatable bonds is 4. The Kier molecular flexibility index (Phi) is 5.53. The maximum absolute atomic E-state index is 3.81. The van der Waals surface area contributed by atoms with Crippen molar-refractivity contribution in [2.75, 3.05) is 19.6 Å². The summed E-state index contributed by atoms with van der Waals surface area (Å²) in [6.45, 7) is 15.7. The van der Waals surface area contributed by atoms with E-state index in [9.17, 15) is 0 Å². The summed E-state index contributed by atoms with van der Waals surface area (Å²) in [5.41, 5.74) is 0.323. The zero-order valence-corrected chi connectivity index (χ0v) is 14.4. The van der Waals surface area contributed by atoms with Crippen LogP contribution in [0.2, 0.25) is 0 Å². The van der Waals surface area contributed by atoms with Gasteiger partial charge in [0.05, 0.1) is 0 Å². The SMILES string of the molecule is CCC1(C)CN(CC2CCCCC2C)C(C(C)C)CN1. The van der Waals surface area contributed by atoms with E-state index in [4.69, 9.17) is 0 Å². The first-order chi connectivity index (χ1) is 9.45. The first-order valence-electron chi connectivity index (χ1n) is 8.94. The third-order valence-corrected chi connectivity index (χ3v) is 6.07. The lowest BCUT2D eigenvalue weighted by Gasteiger charge is -2.49. The average molecular weight is 280 g/mol. The van der Waals surface area contributed by atoms with Crippen LogP contribution in [0.1, 0.15) is 66.7 Å². The van der Waals surface area contributed by atoms with E-state index in [2.05, 4.69) is 44.8 Å². The Labute approximate surface area is 126 Å². The molecule has 0 aromatic heterocycles. The van der Waals surface area contributed by atoms with Crippen LogP contribution in [0.25, 0.3) is 0 Å². The summed E-state index contributed by atoms with van der Waals surface area (Å²) >= 11 is 0. The van der Waals surface area contributed by atoms with Gasteiger partial charge < -0.3 is 5.32 Å². The molecule has 2 heteroatoms. The van der Waals surface area contributed by atoms with Crippen molar-refractivity contribution in [3.8, 4) is 0 Å². The molecular weight excluding hydrogens is 244 g/mol. The summed E-state index contributed by atoms with van der Waals surface area (Å²) < 4.78 is 0. The molecule has 0 bridgehead atoms. The van der Waals surface area contributed by atoms with E-state index < -0.39 is 0 Å². The van der Waals surface area contributed by atoms with Gasteiger partial charge in [-0.05, 0) is 37.5 Å². The minimum atomic E-state index is 0.323. The first-order valence-corrected chi connectivity index (χ1v) is 8.94. The van der Waals surface area contributed by atoms with E-state index in [1.807, 2.05) is 0 Å². The van der Waals surface area contributed by atoms with Crippen LogP contribution in [0, 0.1) is 17.8 Å². The summed E-state index contributed by atoms with van der Waals surface area (Å²) in [6, 6.07) is 0.726. The minimum absolute atomic E-state index is 0.323. The molecule has 0 aromatic carbocycles. The van der Waals surface area contributed by atoms with Gasteiger partial charge in [-0.25, -0.2) is 0 Å². The van der Waals surface area contributed by atoms with Crippen molar-refractivity contribution in [3.05, 3.63) is 0 Å². The lowest BCUT2D eigenvalue weighted by Crippen LogP contribution is -2.64. The molecule has 1 heterocycles. The van der Waals surface area contributed by atoms with Gasteiger partial charge in [0.15, 0.2) is 0 Å². The molecule has 2 fully saturated rings. The normalized spacial score (nSPS) is 40.2. The molecule has 4 atom stereocenters. The lowest BCUT2D eigenvalue weighted by atomic mass is 9.79. The fourth-order valence-corrected chi connectivity index (χ4v) is 4.16. The van der Waals surface area contributed by atoms with Crippen molar-refractivity contribution in [3.63, 3.8) is 0 Å². The van der Waals surface area contributed by atoms with Gasteiger partial charge in [-0.1, -0.05) is 47.0 Å². The van der Waals surface area contributed by atoms with Crippen LogP contribution in [-0.2, 0) is 0 Å². The molecule has 0 radical (unpaired) electrons. The van der Waals surface area contributed by atoms with Crippen molar-refractivity contribution < 1.29 is 0 Å². The minimum Gasteiger partial charge on any atom is -0.309 e. The summed E-state index contributed by atoms with van der Waals surface area (Å²) in [5.74, 6) is 2.62. The highest BCUT2D eigenvalue weighted by atomic mass is 15.3. The molecule has 0 amide bonds. The number of nitrogens with zero attached hydrogens (tertiary/aromatic N) is 1. The number of nitrogens with one attached hydrogen (secondary N) is 1. The molecule has 4 unspecified atom stereocenters. The second-order valence-corrected chi connectivity index (χ2v) is 8.06. The maximum Gasteiger partial charge on any atom is 0.0278 e. The standard InChI is InChI=1S/C18H36N2/c1-6-18(5)13-20(17(11-19-18)14(2)3)12-16-10-8-7-9-15(16)4/h14-17,19H,6-13H2,1-5H3. The topological polar surface area (TPSA) is 15.3 Å². The van der Waals surface area contributed by atoms with Gasteiger partial charge in [0.2, 0.25) is 0 Å². The molecule has 0 aromatic rings. The first kappa shape index (κ1) is 16.3. The zero-order chi connectivity index (χ0) is 14.8. The number of hydrogen-bond donors (Lipinski definition) is 1. The Morgan fingerprint density at radius 1 is 1.25 bits per heavy atom. The van der Waals surface area contributed by atoms with Crippen LogP contribution < -0.4 is 5.32 Å². The highest BCUT2D eigenvalue weighted by Gasteiger charge is 2.37. The van der Waals surface area contributed by atoms with Crippen molar-refractivity contribution in [2.24, 2.45) is 17.8 Å².